The Morgan fingerprint density at radius 3 is 2.56 bits per heavy atom. The summed E-state index contributed by atoms with van der Waals surface area (Å²) in [5.41, 5.74) is 1.35. The minimum absolute atomic E-state index is 0.0641. The smallest absolute Gasteiger partial charge is 0.241 e. The fourth-order valence-corrected chi connectivity index (χ4v) is 4.51. The van der Waals surface area contributed by atoms with Gasteiger partial charge in [-0.25, -0.2) is 26.7 Å². The monoisotopic (exact) mass is 382 g/mol. The van der Waals surface area contributed by atoms with Crippen molar-refractivity contribution in [2.75, 3.05) is 6.61 Å². The molecule has 1 aliphatic rings. The van der Waals surface area contributed by atoms with Crippen molar-refractivity contribution in [2.24, 2.45) is 5.14 Å². The molecule has 1 aliphatic heterocycles. The van der Waals surface area contributed by atoms with Gasteiger partial charge in [0.15, 0.2) is 0 Å². The summed E-state index contributed by atoms with van der Waals surface area (Å²) in [6.45, 7) is 2.18. The second-order valence-corrected chi connectivity index (χ2v) is 9.10. The zero-order chi connectivity index (χ0) is 18.2. The molecule has 1 atom stereocenters. The van der Waals surface area contributed by atoms with Crippen LogP contribution in [0.25, 0.3) is 0 Å². The van der Waals surface area contributed by atoms with Crippen molar-refractivity contribution in [3.05, 3.63) is 53.6 Å². The molecule has 0 radical (unpaired) electrons. The zero-order valence-corrected chi connectivity index (χ0v) is 15.1. The fourth-order valence-electron chi connectivity index (χ4n) is 2.66. The molecule has 134 valence electrons. The average molecular weight is 382 g/mol. The number of hydrogen-bond donors (Lipinski definition) is 2. The Hall–Kier alpha value is -1.94. The molecule has 3 N–H and O–H groups in total. The molecule has 1 unspecified atom stereocenters. The fraction of sp³-hybridized carbons (Fsp3) is 0.250. The van der Waals surface area contributed by atoms with Crippen LogP contribution in [0.1, 0.15) is 24.1 Å². The van der Waals surface area contributed by atoms with Crippen LogP contribution in [0.3, 0.4) is 0 Å². The molecule has 0 spiro atoms. The standard InChI is InChI=1S/C16H18N2O5S2/c1-11(12-3-2-4-14(9-12)24(17,19)20)18-25(21,22)15-5-6-16-13(10-15)7-8-23-16/h2-6,9-11,18H,7-8H2,1H3,(H2,17,19,20). The number of fused-ring (bicyclic) bond motifs is 1. The van der Waals surface area contributed by atoms with Crippen molar-refractivity contribution in [1.29, 1.82) is 0 Å². The van der Waals surface area contributed by atoms with Gasteiger partial charge in [-0.3, -0.25) is 0 Å². The number of ether oxygens (including phenoxy) is 1. The Morgan fingerprint density at radius 2 is 1.84 bits per heavy atom. The highest BCUT2D eigenvalue weighted by Crippen LogP contribution is 2.28. The maximum Gasteiger partial charge on any atom is 0.241 e. The van der Waals surface area contributed by atoms with Crippen LogP contribution >= 0.6 is 0 Å². The normalized spacial score (nSPS) is 15.4. The summed E-state index contributed by atoms with van der Waals surface area (Å²) in [7, 11) is -7.62. The van der Waals surface area contributed by atoms with Crippen LogP contribution < -0.4 is 14.6 Å². The molecule has 0 fully saturated rings. The first-order chi connectivity index (χ1) is 11.7. The Kier molecular flexibility index (Phi) is 4.58. The van der Waals surface area contributed by atoms with Crippen molar-refractivity contribution in [2.45, 2.75) is 29.2 Å². The van der Waals surface area contributed by atoms with Gasteiger partial charge in [0.1, 0.15) is 5.75 Å². The predicted octanol–water partition coefficient (Wildman–Crippen LogP) is 1.31. The highest BCUT2D eigenvalue weighted by molar-refractivity contribution is 7.89. The average Bonchev–Trinajstić information content (AvgIpc) is 3.01. The number of rotatable bonds is 5. The molecular weight excluding hydrogens is 364 g/mol. The van der Waals surface area contributed by atoms with Crippen LogP contribution in [0, 0.1) is 0 Å². The van der Waals surface area contributed by atoms with E-state index < -0.39 is 26.1 Å². The lowest BCUT2D eigenvalue weighted by Gasteiger charge is -2.16. The SMILES string of the molecule is CC(NS(=O)(=O)c1ccc2c(c1)CCO2)c1cccc(S(N)(=O)=O)c1. The Morgan fingerprint density at radius 1 is 1.08 bits per heavy atom. The molecule has 0 saturated heterocycles. The van der Waals surface area contributed by atoms with Gasteiger partial charge in [-0.05, 0) is 48.4 Å². The van der Waals surface area contributed by atoms with Gasteiger partial charge in [-0.2, -0.15) is 0 Å². The van der Waals surface area contributed by atoms with Crippen molar-refractivity contribution in [3.8, 4) is 5.75 Å². The van der Waals surface area contributed by atoms with E-state index in [1.54, 1.807) is 25.1 Å². The molecule has 0 bridgehead atoms. The second-order valence-electron chi connectivity index (χ2n) is 5.83. The van der Waals surface area contributed by atoms with Crippen molar-refractivity contribution >= 4 is 20.0 Å². The summed E-state index contributed by atoms with van der Waals surface area (Å²) < 4.78 is 56.0. The molecule has 7 nitrogen and oxygen atoms in total. The van der Waals surface area contributed by atoms with E-state index in [9.17, 15) is 16.8 Å². The third kappa shape index (κ3) is 3.84. The highest BCUT2D eigenvalue weighted by Gasteiger charge is 2.22. The largest absolute Gasteiger partial charge is 0.493 e. The number of hydrogen-bond acceptors (Lipinski definition) is 5. The molecule has 0 amide bonds. The van der Waals surface area contributed by atoms with Crippen LogP contribution in [0.15, 0.2) is 52.3 Å². The maximum atomic E-state index is 12.6. The summed E-state index contributed by atoms with van der Waals surface area (Å²) in [5.74, 6) is 0.702. The van der Waals surface area contributed by atoms with E-state index in [-0.39, 0.29) is 9.79 Å². The van der Waals surface area contributed by atoms with Crippen LogP contribution in [0.4, 0.5) is 0 Å². The van der Waals surface area contributed by atoms with Crippen LogP contribution in [-0.2, 0) is 26.5 Å². The van der Waals surface area contributed by atoms with Gasteiger partial charge in [-0.1, -0.05) is 12.1 Å². The molecule has 9 heteroatoms. The van der Waals surface area contributed by atoms with Gasteiger partial charge in [0.05, 0.1) is 16.4 Å². The van der Waals surface area contributed by atoms with Crippen LogP contribution in [0.5, 0.6) is 5.75 Å². The molecule has 1 heterocycles. The first-order valence-electron chi connectivity index (χ1n) is 7.58. The first-order valence-corrected chi connectivity index (χ1v) is 10.6. The third-order valence-corrected chi connectivity index (χ3v) is 6.44. The molecule has 0 aliphatic carbocycles. The highest BCUT2D eigenvalue weighted by atomic mass is 32.2. The third-order valence-electron chi connectivity index (χ3n) is 3.99. The van der Waals surface area contributed by atoms with E-state index >= 15 is 0 Å². The summed E-state index contributed by atoms with van der Waals surface area (Å²) >= 11 is 0. The molecular formula is C16H18N2O5S2. The topological polar surface area (TPSA) is 116 Å². The van der Waals surface area contributed by atoms with E-state index in [4.69, 9.17) is 9.88 Å². The van der Waals surface area contributed by atoms with Gasteiger partial charge in [0.25, 0.3) is 0 Å². The number of benzene rings is 2. The lowest BCUT2D eigenvalue weighted by Crippen LogP contribution is -2.27. The van der Waals surface area contributed by atoms with Gasteiger partial charge in [0.2, 0.25) is 20.0 Å². The summed E-state index contributed by atoms with van der Waals surface area (Å²) in [6, 6.07) is 9.97. The molecule has 0 aromatic heterocycles. The van der Waals surface area contributed by atoms with E-state index in [1.807, 2.05) is 0 Å². The zero-order valence-electron chi connectivity index (χ0n) is 13.5. The van der Waals surface area contributed by atoms with Gasteiger partial charge >= 0.3 is 0 Å². The predicted molar refractivity (Wildman–Crippen MR) is 92.2 cm³/mol. The van der Waals surface area contributed by atoms with Gasteiger partial charge in [-0.15, -0.1) is 0 Å². The second kappa shape index (κ2) is 6.41. The lowest BCUT2D eigenvalue weighted by atomic mass is 10.1. The van der Waals surface area contributed by atoms with E-state index in [0.717, 1.165) is 5.56 Å². The van der Waals surface area contributed by atoms with E-state index in [1.165, 1.54) is 24.3 Å². The quantitative estimate of drug-likeness (QED) is 0.809. The maximum absolute atomic E-state index is 12.6. The van der Waals surface area contributed by atoms with Gasteiger partial charge < -0.3 is 4.74 Å². The number of sulfonamides is 2. The summed E-state index contributed by atoms with van der Waals surface area (Å²) in [4.78, 5) is 0.0805. The lowest BCUT2D eigenvalue weighted by molar-refractivity contribution is 0.356. The van der Waals surface area contributed by atoms with E-state index in [0.29, 0.717) is 24.3 Å². The van der Waals surface area contributed by atoms with Crippen LogP contribution in [0.2, 0.25) is 0 Å². The minimum atomic E-state index is -3.85. The Balaban J connectivity index is 1.86. The molecule has 25 heavy (non-hydrogen) atoms. The summed E-state index contributed by atoms with van der Waals surface area (Å²) in [6.07, 6.45) is 0.671. The molecule has 2 aromatic carbocycles. The van der Waals surface area contributed by atoms with Crippen molar-refractivity contribution < 1.29 is 21.6 Å². The van der Waals surface area contributed by atoms with Crippen molar-refractivity contribution in [1.82, 2.24) is 4.72 Å². The summed E-state index contributed by atoms with van der Waals surface area (Å²) in [5, 5.41) is 5.12. The Labute approximate surface area is 146 Å². The van der Waals surface area contributed by atoms with Crippen molar-refractivity contribution in [3.63, 3.8) is 0 Å². The molecule has 2 aromatic rings. The molecule has 3 rings (SSSR count). The molecule has 0 saturated carbocycles. The first kappa shape index (κ1) is 17.9. The number of nitrogens with one attached hydrogen (secondary N) is 1. The van der Waals surface area contributed by atoms with E-state index in [2.05, 4.69) is 4.72 Å². The van der Waals surface area contributed by atoms with Gasteiger partial charge in [0, 0.05) is 12.5 Å². The number of nitrogens with two attached hydrogens (primary N) is 1. The minimum Gasteiger partial charge on any atom is -0.493 e. The van der Waals surface area contributed by atoms with Crippen LogP contribution in [-0.4, -0.2) is 23.4 Å². The number of primary sulfonamides is 1. The Bertz CT molecular complexity index is 1020.